The van der Waals surface area contributed by atoms with Gasteiger partial charge in [0.25, 0.3) is 0 Å². The molecular formula is C120H228O15. The number of hydrogen-bond acceptors (Lipinski definition) is 15. The minimum Gasteiger partial charge on any atom is -0.508 e. The van der Waals surface area contributed by atoms with Gasteiger partial charge in [0, 0.05) is 63.1 Å². The largest absolute Gasteiger partial charge is 0.508 e. The molecule has 0 saturated carbocycles. The van der Waals surface area contributed by atoms with Crippen LogP contribution in [0.5, 0.6) is 34.5 Å². The third kappa shape index (κ3) is 109. The van der Waals surface area contributed by atoms with E-state index >= 15 is 0 Å². The zero-order valence-electron chi connectivity index (χ0n) is 87.6. The Bertz CT molecular complexity index is 2410. The normalized spacial score (nSPS) is 13.2. The summed E-state index contributed by atoms with van der Waals surface area (Å²) in [5.41, 5.74) is 0. The van der Waals surface area contributed by atoms with Crippen LogP contribution in [0.15, 0.2) is 72.8 Å². The van der Waals surface area contributed by atoms with Gasteiger partial charge in [-0.15, -0.1) is 0 Å². The second-order valence-corrected chi connectivity index (χ2v) is 39.2. The standard InChI is InChI=1S/C46H86O4.C44H82O6.C19H38O2.C6H6O2.C2H4O.3CH4/c1-5-7-9-11-13-15-17-19-21-23-25-27-29-31-36-47-39-43(3)41-49-45-34-33-35-46(38-45)50-42-44(4)40-48-37-32-30-28-26-24-22-20-18-16-14-12-10-8-6-2;1-3-5-7-9-11-13-15-17-19-21-23-25-27-29-34-47-37-41(45)39-49-43-32-31-33-44(36-43)50-40-42(46)38-48-35-30-28-26-24-22-20-18-16-14-12-10-8-6-4-2;1-2-3-4-5-6-7-8-9-10-11-12-13-14-15-16-20-17-19-18-21-19;7-5-2-1-3-6(8)4-5;1-2-3-1;;;/h33-35,38,43-44H,5-32,36-37,39-42H2,1-4H3;31-33,36,41-42,45-46H,3-30,34-35,37-40H2,1-2H3;19H,2-18H2,1H3;1-4,7-8H;1-2H2;3*1H4. The molecule has 5 unspecified atom stereocenters. The molecule has 0 bridgehead atoms. The SMILES string of the molecule is C.C.C.C1CO1.CCCCCCCCCCCCCCCCOCC(C)COc1cccc(OCC(C)COCCCCCCCCCCCCCCCC)c1.CCCCCCCCCCCCCCCCOCC(O)COc1cccc(OCC(O)COCCCCCCCCCCCCCCCC)c1.CCCCCCCCCCCCCCCCOCC1CO1.Oc1cccc(O)c1. The highest BCUT2D eigenvalue weighted by Crippen LogP contribution is 2.26. The lowest BCUT2D eigenvalue weighted by atomic mass is 10.0. The van der Waals surface area contributed by atoms with Crippen molar-refractivity contribution in [3.05, 3.63) is 72.8 Å². The highest BCUT2D eigenvalue weighted by molar-refractivity contribution is 5.34. The van der Waals surface area contributed by atoms with Gasteiger partial charge >= 0.3 is 0 Å². The highest BCUT2D eigenvalue weighted by atomic mass is 16.6. The number of unbranched alkanes of at least 4 members (excludes halogenated alkanes) is 65. The topological polar surface area (TPSA) is 189 Å². The van der Waals surface area contributed by atoms with Crippen LogP contribution in [0.1, 0.15) is 520 Å². The maximum atomic E-state index is 10.3. The first-order chi connectivity index (χ1) is 65.0. The van der Waals surface area contributed by atoms with Gasteiger partial charge in [-0.1, -0.05) is 506 Å². The summed E-state index contributed by atoms with van der Waals surface area (Å²) in [7, 11) is 0. The van der Waals surface area contributed by atoms with Gasteiger partial charge in [0.15, 0.2) is 0 Å². The summed E-state index contributed by atoms with van der Waals surface area (Å²) in [6, 6.07) is 21.2. The summed E-state index contributed by atoms with van der Waals surface area (Å²) in [4.78, 5) is 0. The van der Waals surface area contributed by atoms with E-state index in [9.17, 15) is 10.2 Å². The van der Waals surface area contributed by atoms with Crippen molar-refractivity contribution in [1.82, 2.24) is 0 Å². The molecule has 3 aromatic carbocycles. The molecule has 0 spiro atoms. The van der Waals surface area contributed by atoms with Gasteiger partial charge in [0.1, 0.15) is 66.0 Å². The first kappa shape index (κ1) is 135. The van der Waals surface area contributed by atoms with Crippen LogP contribution in [0, 0.1) is 11.8 Å². The van der Waals surface area contributed by atoms with Gasteiger partial charge in [0.05, 0.1) is 66.1 Å². The molecular weight excluding hydrogens is 1680 g/mol. The summed E-state index contributed by atoms with van der Waals surface area (Å²) >= 11 is 0. The van der Waals surface area contributed by atoms with Crippen molar-refractivity contribution in [2.45, 2.75) is 539 Å². The van der Waals surface area contributed by atoms with E-state index in [1.165, 1.54) is 455 Å². The average molecular weight is 1910 g/mol. The van der Waals surface area contributed by atoms with E-state index in [1.807, 2.05) is 42.5 Å². The number of hydrogen-bond donors (Lipinski definition) is 4. The first-order valence-electron chi connectivity index (χ1n) is 56.7. The van der Waals surface area contributed by atoms with Crippen molar-refractivity contribution in [3.8, 4) is 34.5 Å². The zero-order chi connectivity index (χ0) is 95.1. The molecule has 15 heteroatoms. The summed E-state index contributed by atoms with van der Waals surface area (Å²) < 4.78 is 62.1. The molecule has 2 saturated heterocycles. The molecule has 2 heterocycles. The second kappa shape index (κ2) is 112. The van der Waals surface area contributed by atoms with Crippen molar-refractivity contribution < 1.29 is 72.5 Å². The number of phenols is 2. The van der Waals surface area contributed by atoms with Gasteiger partial charge in [-0.05, 0) is 68.5 Å². The van der Waals surface area contributed by atoms with Gasteiger partial charge in [-0.25, -0.2) is 0 Å². The number of aromatic hydroxyl groups is 2. The van der Waals surface area contributed by atoms with Crippen molar-refractivity contribution >= 4 is 0 Å². The lowest BCUT2D eigenvalue weighted by Gasteiger charge is -2.16. The number of phenolic OH excluding ortho intramolecular Hbond substituents is 2. The average Bonchev–Trinajstić information content (AvgIpc) is 1.81. The summed E-state index contributed by atoms with van der Waals surface area (Å²) in [6.07, 6.45) is 95.3. The van der Waals surface area contributed by atoms with E-state index in [1.54, 1.807) is 12.1 Å². The van der Waals surface area contributed by atoms with Crippen molar-refractivity contribution in [2.75, 3.05) is 112 Å². The quantitative estimate of drug-likeness (QED) is 0.0308. The zero-order valence-corrected chi connectivity index (χ0v) is 87.6. The fourth-order valence-electron chi connectivity index (χ4n) is 16.2. The minimum absolute atomic E-state index is 0. The van der Waals surface area contributed by atoms with Crippen LogP contribution in [0.2, 0.25) is 0 Å². The van der Waals surface area contributed by atoms with Crippen molar-refractivity contribution in [1.29, 1.82) is 0 Å². The molecule has 2 aliphatic rings. The van der Waals surface area contributed by atoms with Crippen LogP contribution >= 0.6 is 0 Å². The molecule has 0 radical (unpaired) electrons. The van der Waals surface area contributed by atoms with Crippen LogP contribution < -0.4 is 18.9 Å². The van der Waals surface area contributed by atoms with Crippen LogP contribution in [-0.2, 0) is 33.2 Å². The lowest BCUT2D eigenvalue weighted by Crippen LogP contribution is -2.24. The summed E-state index contributed by atoms with van der Waals surface area (Å²) in [5.74, 6) is 3.88. The Morgan fingerprint density at radius 1 is 0.252 bits per heavy atom. The molecule has 135 heavy (non-hydrogen) atoms. The number of benzene rings is 3. The molecule has 0 aromatic heterocycles. The predicted molar refractivity (Wildman–Crippen MR) is 581 cm³/mol. The smallest absolute Gasteiger partial charge is 0.123 e. The van der Waals surface area contributed by atoms with E-state index in [0.29, 0.717) is 55.9 Å². The minimum atomic E-state index is -0.676. The highest BCUT2D eigenvalue weighted by Gasteiger charge is 2.22. The molecule has 2 fully saturated rings. The lowest BCUT2D eigenvalue weighted by molar-refractivity contribution is 0.00955. The second-order valence-electron chi connectivity index (χ2n) is 39.2. The van der Waals surface area contributed by atoms with Crippen LogP contribution in [-0.4, -0.2) is 151 Å². The number of ether oxygens (including phenoxy) is 11. The Labute approximate surface area is 837 Å². The first-order valence-corrected chi connectivity index (χ1v) is 56.7. The number of rotatable bonds is 97. The molecule has 5 rings (SSSR count). The molecule has 3 aromatic rings. The molecule has 5 atom stereocenters. The van der Waals surface area contributed by atoms with E-state index in [-0.39, 0.29) is 60.2 Å². The van der Waals surface area contributed by atoms with E-state index < -0.39 is 12.2 Å². The van der Waals surface area contributed by atoms with Crippen molar-refractivity contribution in [2.24, 2.45) is 11.8 Å². The molecule has 0 amide bonds. The predicted octanol–water partition coefficient (Wildman–Crippen LogP) is 35.8. The Balaban J connectivity index is -0.00000191. The molecule has 2 aliphatic heterocycles. The molecule has 4 N–H and O–H groups in total. The number of aliphatic hydroxyl groups excluding tert-OH is 2. The fraction of sp³-hybridized carbons (Fsp3) is 0.850. The van der Waals surface area contributed by atoms with Crippen LogP contribution in [0.3, 0.4) is 0 Å². The Morgan fingerprint density at radius 3 is 0.630 bits per heavy atom. The third-order valence-electron chi connectivity index (χ3n) is 24.9. The molecule has 798 valence electrons. The van der Waals surface area contributed by atoms with Crippen LogP contribution in [0.25, 0.3) is 0 Å². The maximum absolute atomic E-state index is 10.3. The maximum Gasteiger partial charge on any atom is 0.123 e. The number of aliphatic hydroxyl groups is 2. The van der Waals surface area contributed by atoms with Crippen LogP contribution in [0.4, 0.5) is 0 Å². The fourth-order valence-corrected chi connectivity index (χ4v) is 16.2. The summed E-state index contributed by atoms with van der Waals surface area (Å²) in [6.45, 7) is 27.3. The van der Waals surface area contributed by atoms with Gasteiger partial charge in [0.2, 0.25) is 0 Å². The third-order valence-corrected chi connectivity index (χ3v) is 24.9. The molecule has 0 aliphatic carbocycles. The molecule has 15 nitrogen and oxygen atoms in total. The van der Waals surface area contributed by atoms with Gasteiger partial charge < -0.3 is 72.5 Å². The van der Waals surface area contributed by atoms with Crippen molar-refractivity contribution in [3.63, 3.8) is 0 Å². The summed E-state index contributed by atoms with van der Waals surface area (Å²) in [5, 5.41) is 37.9. The Kier molecular flexibility index (Phi) is 112. The van der Waals surface area contributed by atoms with E-state index in [4.69, 9.17) is 57.6 Å². The Morgan fingerprint density at radius 2 is 0.437 bits per heavy atom. The van der Waals surface area contributed by atoms with Gasteiger partial charge in [-0.2, -0.15) is 0 Å². The Hall–Kier alpha value is -3.90. The van der Waals surface area contributed by atoms with Gasteiger partial charge in [-0.3, -0.25) is 0 Å². The van der Waals surface area contributed by atoms with E-state index in [0.717, 1.165) is 83.8 Å². The number of epoxide rings is 2. The van der Waals surface area contributed by atoms with E-state index in [2.05, 4.69) is 53.2 Å². The monoisotopic (exact) mass is 1910 g/mol.